The van der Waals surface area contributed by atoms with Gasteiger partial charge in [-0.05, 0) is 19.4 Å². The van der Waals surface area contributed by atoms with Crippen LogP contribution in [0.1, 0.15) is 20.3 Å². The molecule has 0 fully saturated rings. The van der Waals surface area contributed by atoms with Crippen molar-refractivity contribution in [3.8, 4) is 0 Å². The zero-order chi connectivity index (χ0) is 13.9. The maximum Gasteiger partial charge on any atom is 0.256 e. The third kappa shape index (κ3) is 2.76. The largest absolute Gasteiger partial charge is 0.397 e. The third-order valence-electron chi connectivity index (χ3n) is 2.93. The molecule has 3 N–H and O–H groups in total. The SMILES string of the molecule is CCC(C)(OC)C(=O)Nc1c(N)cc(F)cc1F. The lowest BCUT2D eigenvalue weighted by Gasteiger charge is -2.25. The van der Waals surface area contributed by atoms with E-state index in [9.17, 15) is 13.6 Å². The highest BCUT2D eigenvalue weighted by Gasteiger charge is 2.32. The minimum Gasteiger partial charge on any atom is -0.397 e. The second kappa shape index (κ2) is 5.30. The summed E-state index contributed by atoms with van der Waals surface area (Å²) in [7, 11) is 1.38. The van der Waals surface area contributed by atoms with Crippen LogP contribution in [-0.4, -0.2) is 18.6 Å². The van der Waals surface area contributed by atoms with E-state index in [4.69, 9.17) is 10.5 Å². The Labute approximate surface area is 104 Å². The highest BCUT2D eigenvalue weighted by molar-refractivity contribution is 5.99. The van der Waals surface area contributed by atoms with E-state index in [0.29, 0.717) is 12.5 Å². The Hall–Kier alpha value is -1.69. The predicted molar refractivity (Wildman–Crippen MR) is 65.1 cm³/mol. The van der Waals surface area contributed by atoms with Crippen molar-refractivity contribution in [3.05, 3.63) is 23.8 Å². The lowest BCUT2D eigenvalue weighted by atomic mass is 10.0. The summed E-state index contributed by atoms with van der Waals surface area (Å²) < 4.78 is 31.4. The number of hydrogen-bond donors (Lipinski definition) is 2. The Balaban J connectivity index is 3.02. The second-order valence-electron chi connectivity index (χ2n) is 4.09. The number of nitrogen functional groups attached to an aromatic ring is 1. The molecule has 0 saturated heterocycles. The van der Waals surface area contributed by atoms with Gasteiger partial charge in [-0.15, -0.1) is 0 Å². The van der Waals surface area contributed by atoms with Crippen LogP contribution in [0.2, 0.25) is 0 Å². The summed E-state index contributed by atoms with van der Waals surface area (Å²) in [5, 5.41) is 2.32. The lowest BCUT2D eigenvalue weighted by Crippen LogP contribution is -2.41. The Kier molecular flexibility index (Phi) is 4.24. The maximum absolute atomic E-state index is 13.5. The van der Waals surface area contributed by atoms with E-state index < -0.39 is 23.1 Å². The van der Waals surface area contributed by atoms with Crippen LogP contribution >= 0.6 is 0 Å². The molecular weight excluding hydrogens is 242 g/mol. The Morgan fingerprint density at radius 3 is 2.56 bits per heavy atom. The van der Waals surface area contributed by atoms with Gasteiger partial charge in [0, 0.05) is 13.2 Å². The van der Waals surface area contributed by atoms with Gasteiger partial charge in [-0.25, -0.2) is 8.78 Å². The fraction of sp³-hybridized carbons (Fsp3) is 0.417. The molecule has 1 aromatic carbocycles. The van der Waals surface area contributed by atoms with Gasteiger partial charge in [-0.3, -0.25) is 4.79 Å². The number of carbonyl (C=O) groups is 1. The van der Waals surface area contributed by atoms with Gasteiger partial charge in [0.15, 0.2) is 5.82 Å². The van der Waals surface area contributed by atoms with Crippen molar-refractivity contribution in [1.82, 2.24) is 0 Å². The summed E-state index contributed by atoms with van der Waals surface area (Å²) in [6.07, 6.45) is 0.401. The highest BCUT2D eigenvalue weighted by Crippen LogP contribution is 2.26. The van der Waals surface area contributed by atoms with Crippen molar-refractivity contribution < 1.29 is 18.3 Å². The first-order chi connectivity index (χ1) is 8.34. The van der Waals surface area contributed by atoms with Crippen LogP contribution in [0.5, 0.6) is 0 Å². The third-order valence-corrected chi connectivity index (χ3v) is 2.93. The van der Waals surface area contributed by atoms with E-state index >= 15 is 0 Å². The number of benzene rings is 1. The number of halogens is 2. The van der Waals surface area contributed by atoms with Gasteiger partial charge in [-0.2, -0.15) is 0 Å². The van der Waals surface area contributed by atoms with Crippen molar-refractivity contribution in [2.45, 2.75) is 25.9 Å². The van der Waals surface area contributed by atoms with E-state index in [1.807, 2.05) is 0 Å². The Morgan fingerprint density at radius 2 is 2.11 bits per heavy atom. The molecule has 4 nitrogen and oxygen atoms in total. The van der Waals surface area contributed by atoms with E-state index in [1.54, 1.807) is 13.8 Å². The molecule has 6 heteroatoms. The van der Waals surface area contributed by atoms with Crippen LogP contribution in [0.25, 0.3) is 0 Å². The van der Waals surface area contributed by atoms with Crippen molar-refractivity contribution in [2.24, 2.45) is 0 Å². The summed E-state index contributed by atoms with van der Waals surface area (Å²) in [5.74, 6) is -2.26. The van der Waals surface area contributed by atoms with Crippen molar-refractivity contribution in [1.29, 1.82) is 0 Å². The number of carbonyl (C=O) groups excluding carboxylic acids is 1. The van der Waals surface area contributed by atoms with Crippen LogP contribution in [0, 0.1) is 11.6 Å². The molecule has 0 aromatic heterocycles. The van der Waals surface area contributed by atoms with Crippen molar-refractivity contribution >= 4 is 17.3 Å². The average molecular weight is 258 g/mol. The van der Waals surface area contributed by atoms with Gasteiger partial charge in [-0.1, -0.05) is 6.92 Å². The van der Waals surface area contributed by atoms with Crippen LogP contribution in [-0.2, 0) is 9.53 Å². The van der Waals surface area contributed by atoms with Gasteiger partial charge >= 0.3 is 0 Å². The van der Waals surface area contributed by atoms with Gasteiger partial charge in [0.2, 0.25) is 0 Å². The molecule has 100 valence electrons. The summed E-state index contributed by atoms with van der Waals surface area (Å²) in [6, 6.07) is 1.59. The normalized spacial score (nSPS) is 14.1. The molecule has 0 aliphatic carbocycles. The molecule has 0 heterocycles. The van der Waals surface area contributed by atoms with Crippen LogP contribution in [0.4, 0.5) is 20.2 Å². The molecule has 0 saturated carbocycles. The first-order valence-corrected chi connectivity index (χ1v) is 5.45. The van der Waals surface area contributed by atoms with E-state index in [-0.39, 0.29) is 11.4 Å². The average Bonchev–Trinajstić information content (AvgIpc) is 2.32. The van der Waals surface area contributed by atoms with Crippen LogP contribution < -0.4 is 11.1 Å². The molecule has 0 bridgehead atoms. The monoisotopic (exact) mass is 258 g/mol. The molecule has 1 atom stereocenters. The van der Waals surface area contributed by atoms with Gasteiger partial charge < -0.3 is 15.8 Å². The zero-order valence-electron chi connectivity index (χ0n) is 10.5. The Morgan fingerprint density at radius 1 is 1.50 bits per heavy atom. The molecule has 0 aliphatic heterocycles. The highest BCUT2D eigenvalue weighted by atomic mass is 19.1. The second-order valence-corrected chi connectivity index (χ2v) is 4.09. The molecule has 0 spiro atoms. The fourth-order valence-electron chi connectivity index (χ4n) is 1.37. The number of anilines is 2. The van der Waals surface area contributed by atoms with E-state index in [1.165, 1.54) is 7.11 Å². The van der Waals surface area contributed by atoms with Crippen LogP contribution in [0.15, 0.2) is 12.1 Å². The van der Waals surface area contributed by atoms with E-state index in [2.05, 4.69) is 5.32 Å². The van der Waals surface area contributed by atoms with E-state index in [0.717, 1.165) is 6.07 Å². The quantitative estimate of drug-likeness (QED) is 0.814. The zero-order valence-corrected chi connectivity index (χ0v) is 10.5. The topological polar surface area (TPSA) is 64.3 Å². The minimum atomic E-state index is -1.09. The number of hydrogen-bond acceptors (Lipinski definition) is 3. The number of nitrogens with two attached hydrogens (primary N) is 1. The molecular formula is C12H16F2N2O2. The first kappa shape index (κ1) is 14.4. The molecule has 0 aliphatic rings. The number of rotatable bonds is 4. The smallest absolute Gasteiger partial charge is 0.256 e. The van der Waals surface area contributed by atoms with Crippen molar-refractivity contribution in [3.63, 3.8) is 0 Å². The fourth-order valence-corrected chi connectivity index (χ4v) is 1.37. The van der Waals surface area contributed by atoms with Crippen molar-refractivity contribution in [2.75, 3.05) is 18.2 Å². The number of amides is 1. The summed E-state index contributed by atoms with van der Waals surface area (Å²) in [4.78, 5) is 11.9. The first-order valence-electron chi connectivity index (χ1n) is 5.45. The Bertz CT molecular complexity index is 436. The lowest BCUT2D eigenvalue weighted by molar-refractivity contribution is -0.136. The van der Waals surface area contributed by atoms with Gasteiger partial charge in [0.05, 0.1) is 5.69 Å². The molecule has 1 aromatic rings. The maximum atomic E-state index is 13.5. The number of ether oxygens (including phenoxy) is 1. The predicted octanol–water partition coefficient (Wildman–Crippen LogP) is 2.30. The summed E-state index contributed by atoms with van der Waals surface area (Å²) in [6.45, 7) is 3.33. The van der Waals surface area contributed by atoms with Crippen LogP contribution in [0.3, 0.4) is 0 Å². The number of methoxy groups -OCH3 is 1. The number of nitrogens with one attached hydrogen (secondary N) is 1. The molecule has 0 radical (unpaired) electrons. The minimum absolute atomic E-state index is 0.171. The molecule has 1 amide bonds. The molecule has 1 unspecified atom stereocenters. The van der Waals surface area contributed by atoms with Gasteiger partial charge in [0.1, 0.15) is 17.1 Å². The molecule has 18 heavy (non-hydrogen) atoms. The molecule has 1 rings (SSSR count). The standard InChI is InChI=1S/C12H16F2N2O2/c1-4-12(2,18-3)11(17)16-10-8(14)5-7(13)6-9(10)15/h5-6H,4,15H2,1-3H3,(H,16,17). The summed E-state index contributed by atoms with van der Waals surface area (Å²) in [5.41, 5.74) is 3.96. The van der Waals surface area contributed by atoms with Gasteiger partial charge in [0.25, 0.3) is 5.91 Å². The summed E-state index contributed by atoms with van der Waals surface area (Å²) >= 11 is 0.